The second-order valence-corrected chi connectivity index (χ2v) is 9.42. The summed E-state index contributed by atoms with van der Waals surface area (Å²) in [5, 5.41) is 12.4. The molecule has 14 heteroatoms. The molecule has 38 heavy (non-hydrogen) atoms. The Balaban J connectivity index is 1.55. The number of halogens is 6. The highest BCUT2D eigenvalue weighted by molar-refractivity contribution is 5.94. The molecule has 0 bridgehead atoms. The van der Waals surface area contributed by atoms with Gasteiger partial charge in [-0.05, 0) is 37.9 Å². The molecule has 8 nitrogen and oxygen atoms in total. The Labute approximate surface area is 214 Å². The van der Waals surface area contributed by atoms with Crippen molar-refractivity contribution in [1.29, 1.82) is 0 Å². The Morgan fingerprint density at radius 3 is 2.50 bits per heavy atom. The van der Waals surface area contributed by atoms with Crippen LogP contribution in [0.5, 0.6) is 0 Å². The van der Waals surface area contributed by atoms with E-state index >= 15 is 0 Å². The van der Waals surface area contributed by atoms with Gasteiger partial charge in [0.05, 0.1) is 24.9 Å². The van der Waals surface area contributed by atoms with Crippen LogP contribution in [0.1, 0.15) is 46.8 Å². The van der Waals surface area contributed by atoms with Crippen LogP contribution in [0, 0.1) is 17.5 Å². The number of amides is 2. The molecule has 0 radical (unpaired) electrons. The van der Waals surface area contributed by atoms with Gasteiger partial charge in [-0.1, -0.05) is 0 Å². The summed E-state index contributed by atoms with van der Waals surface area (Å²) in [4.78, 5) is 32.5. The predicted octanol–water partition coefficient (Wildman–Crippen LogP) is 2.48. The van der Waals surface area contributed by atoms with Gasteiger partial charge in [-0.3, -0.25) is 9.59 Å². The fraction of sp³-hybridized carbons (Fsp3) is 0.542. The van der Waals surface area contributed by atoms with Gasteiger partial charge in [0.2, 0.25) is 11.7 Å². The zero-order chi connectivity index (χ0) is 27.8. The Bertz CT molecular complexity index is 1220. The number of nitrogens with one attached hydrogen (secondary N) is 1. The van der Waals surface area contributed by atoms with Gasteiger partial charge < -0.3 is 24.8 Å². The third-order valence-corrected chi connectivity index (χ3v) is 7.05. The molecule has 2 unspecified atom stereocenters. The third kappa shape index (κ3) is 5.51. The van der Waals surface area contributed by atoms with Gasteiger partial charge in [0.25, 0.3) is 5.91 Å². The van der Waals surface area contributed by atoms with Crippen LogP contribution in [-0.4, -0.2) is 75.1 Å². The summed E-state index contributed by atoms with van der Waals surface area (Å²) in [7, 11) is 1.50. The van der Waals surface area contributed by atoms with Crippen LogP contribution in [0.15, 0.2) is 12.1 Å². The highest BCUT2D eigenvalue weighted by atomic mass is 19.4. The number of imidazole rings is 1. The fourth-order valence-electron chi connectivity index (χ4n) is 5.00. The van der Waals surface area contributed by atoms with Crippen molar-refractivity contribution in [1.82, 2.24) is 24.7 Å². The van der Waals surface area contributed by atoms with Crippen molar-refractivity contribution in [2.75, 3.05) is 26.7 Å². The largest absolute Gasteiger partial charge is 0.449 e. The lowest BCUT2D eigenvalue weighted by atomic mass is 10.0. The number of likely N-dealkylation sites (N-methyl/N-ethyl adjacent to an activating group) is 1. The number of benzene rings is 1. The average molecular weight is 548 g/mol. The van der Waals surface area contributed by atoms with Gasteiger partial charge in [-0.15, -0.1) is 0 Å². The number of aromatic nitrogens is 2. The minimum absolute atomic E-state index is 0.0572. The summed E-state index contributed by atoms with van der Waals surface area (Å²) < 4.78 is 83.0. The molecule has 1 aromatic carbocycles. The number of carbonyl (C=O) groups excluding carboxylic acids is 2. The number of aliphatic hydroxyl groups excluding tert-OH is 1. The molecule has 1 aromatic heterocycles. The summed E-state index contributed by atoms with van der Waals surface area (Å²) in [6, 6.07) is -0.0733. The number of fused-ring (bicyclic) bond motifs is 1. The molecule has 0 aliphatic carbocycles. The zero-order valence-corrected chi connectivity index (χ0v) is 20.5. The van der Waals surface area contributed by atoms with Gasteiger partial charge in [0.1, 0.15) is 5.82 Å². The summed E-state index contributed by atoms with van der Waals surface area (Å²) in [6.07, 6.45) is -4.08. The number of carbonyl (C=O) groups is 2. The van der Waals surface area contributed by atoms with E-state index in [9.17, 15) is 41.0 Å². The van der Waals surface area contributed by atoms with Gasteiger partial charge >= 0.3 is 6.18 Å². The van der Waals surface area contributed by atoms with Crippen LogP contribution < -0.4 is 5.32 Å². The van der Waals surface area contributed by atoms with Crippen LogP contribution in [0.2, 0.25) is 0 Å². The SMILES string of the molecule is CNC(CC(=O)N1CCn2c(C(F)(F)F)nc(C(=O)N3CCCC3CO)c2C1)Cc1cc(F)c(F)cc1F. The number of alkyl halides is 3. The van der Waals surface area contributed by atoms with Crippen molar-refractivity contribution in [2.24, 2.45) is 0 Å². The van der Waals surface area contributed by atoms with Crippen LogP contribution in [0.25, 0.3) is 0 Å². The summed E-state index contributed by atoms with van der Waals surface area (Å²) in [5.74, 6) is -5.99. The Morgan fingerprint density at radius 1 is 1.13 bits per heavy atom. The maximum atomic E-state index is 14.1. The zero-order valence-electron chi connectivity index (χ0n) is 20.5. The quantitative estimate of drug-likeness (QED) is 0.411. The monoisotopic (exact) mass is 547 g/mol. The van der Waals surface area contributed by atoms with Crippen molar-refractivity contribution in [2.45, 2.75) is 57.0 Å². The number of nitrogens with zero attached hydrogens (tertiary/aromatic N) is 4. The average Bonchev–Trinajstić information content (AvgIpc) is 3.50. The maximum Gasteiger partial charge on any atom is 0.449 e. The molecular weight excluding hydrogens is 520 g/mol. The first-order valence-corrected chi connectivity index (χ1v) is 12.1. The molecule has 3 heterocycles. The van der Waals surface area contributed by atoms with E-state index in [2.05, 4.69) is 10.3 Å². The molecular formula is C24H27F6N5O3. The van der Waals surface area contributed by atoms with E-state index in [1.807, 2.05) is 0 Å². The second kappa shape index (κ2) is 10.9. The molecule has 2 aliphatic rings. The first-order valence-electron chi connectivity index (χ1n) is 12.1. The third-order valence-electron chi connectivity index (χ3n) is 7.05. The van der Waals surface area contributed by atoms with E-state index in [0.29, 0.717) is 25.0 Å². The van der Waals surface area contributed by atoms with Crippen LogP contribution in [0.3, 0.4) is 0 Å². The van der Waals surface area contributed by atoms with Crippen molar-refractivity contribution < 1.29 is 41.0 Å². The van der Waals surface area contributed by atoms with Crippen molar-refractivity contribution in [3.8, 4) is 0 Å². The minimum Gasteiger partial charge on any atom is -0.394 e. The van der Waals surface area contributed by atoms with Gasteiger partial charge in [0, 0.05) is 38.2 Å². The van der Waals surface area contributed by atoms with Crippen molar-refractivity contribution in [3.63, 3.8) is 0 Å². The van der Waals surface area contributed by atoms with Crippen molar-refractivity contribution in [3.05, 3.63) is 52.4 Å². The number of hydrogen-bond acceptors (Lipinski definition) is 5. The van der Waals surface area contributed by atoms with Gasteiger partial charge in [-0.2, -0.15) is 13.2 Å². The number of rotatable bonds is 7. The first kappa shape index (κ1) is 27.9. The molecule has 4 rings (SSSR count). The van der Waals surface area contributed by atoms with Crippen LogP contribution in [0.4, 0.5) is 26.3 Å². The predicted molar refractivity (Wildman–Crippen MR) is 121 cm³/mol. The molecule has 1 fully saturated rings. The molecule has 208 valence electrons. The smallest absolute Gasteiger partial charge is 0.394 e. The highest BCUT2D eigenvalue weighted by Gasteiger charge is 2.43. The molecule has 2 aromatic rings. The molecule has 2 atom stereocenters. The van der Waals surface area contributed by atoms with Gasteiger partial charge in [0.15, 0.2) is 17.3 Å². The van der Waals surface area contributed by atoms with Crippen LogP contribution >= 0.6 is 0 Å². The minimum atomic E-state index is -4.83. The Kier molecular flexibility index (Phi) is 8.02. The van der Waals surface area contributed by atoms with E-state index in [1.165, 1.54) is 16.8 Å². The molecule has 2 amide bonds. The van der Waals surface area contributed by atoms with E-state index < -0.39 is 59.0 Å². The first-order chi connectivity index (χ1) is 17.9. The number of aliphatic hydroxyl groups is 1. The summed E-state index contributed by atoms with van der Waals surface area (Å²) in [5.41, 5.74) is -0.609. The van der Waals surface area contributed by atoms with E-state index in [-0.39, 0.29) is 56.9 Å². The molecule has 0 saturated carbocycles. The molecule has 2 N–H and O–H groups in total. The normalized spacial score (nSPS) is 18.6. The van der Waals surface area contributed by atoms with E-state index in [1.54, 1.807) is 0 Å². The lowest BCUT2D eigenvalue weighted by molar-refractivity contribution is -0.148. The Hall–Kier alpha value is -3.13. The number of hydrogen-bond donors (Lipinski definition) is 2. The molecule has 1 saturated heterocycles. The van der Waals surface area contributed by atoms with Crippen molar-refractivity contribution >= 4 is 11.8 Å². The van der Waals surface area contributed by atoms with E-state index in [0.717, 1.165) is 4.57 Å². The lowest BCUT2D eigenvalue weighted by Gasteiger charge is -2.31. The maximum absolute atomic E-state index is 14.1. The second-order valence-electron chi connectivity index (χ2n) is 9.42. The topological polar surface area (TPSA) is 90.7 Å². The number of likely N-dealkylation sites (tertiary alicyclic amines) is 1. The fourth-order valence-corrected chi connectivity index (χ4v) is 5.00. The standard InChI is InChI=1S/C24H27F6N5O3/c1-31-14(7-13-8-17(26)18(27)10-16(13)25)9-20(37)33-5-6-35-19(11-33)21(32-23(35)24(28,29)30)22(38)34-4-2-3-15(34)12-36/h8,10,14-15,31,36H,2-7,9,11-12H2,1H3. The summed E-state index contributed by atoms with van der Waals surface area (Å²) in [6.45, 7) is -0.705. The summed E-state index contributed by atoms with van der Waals surface area (Å²) >= 11 is 0. The molecule has 0 spiro atoms. The molecule has 2 aliphatic heterocycles. The Morgan fingerprint density at radius 2 is 1.84 bits per heavy atom. The lowest BCUT2D eigenvalue weighted by Crippen LogP contribution is -2.43. The van der Waals surface area contributed by atoms with Gasteiger partial charge in [-0.25, -0.2) is 18.2 Å². The van der Waals surface area contributed by atoms with E-state index in [4.69, 9.17) is 0 Å². The van der Waals surface area contributed by atoms with Crippen LogP contribution in [-0.2, 0) is 30.5 Å². The highest BCUT2D eigenvalue weighted by Crippen LogP contribution is 2.33.